The number of nitrogens with two attached hydrogens (primary N) is 1. The maximum Gasteiger partial charge on any atom is 0.267 e. The number of halogens is 1. The fourth-order valence-electron chi connectivity index (χ4n) is 3.75. The average molecular weight is 417 g/mol. The Morgan fingerprint density at radius 2 is 2.00 bits per heavy atom. The van der Waals surface area contributed by atoms with Gasteiger partial charge >= 0.3 is 0 Å². The number of piperidine rings is 1. The third-order valence-electron chi connectivity index (χ3n) is 5.46. The summed E-state index contributed by atoms with van der Waals surface area (Å²) in [4.78, 5) is 38.1. The minimum atomic E-state index is -0.345. The predicted octanol–water partition coefficient (Wildman–Crippen LogP) is 1.01. The lowest BCUT2D eigenvalue weighted by Gasteiger charge is -2.31. The third-order valence-corrected chi connectivity index (χ3v) is 5.46. The molecule has 0 bridgehead atoms. The number of hydrogen-bond acceptors (Lipinski definition) is 5. The summed E-state index contributed by atoms with van der Waals surface area (Å²) in [7, 11) is 0. The number of primary amides is 1. The second kappa shape index (κ2) is 10.3. The van der Waals surface area contributed by atoms with Crippen LogP contribution < -0.4 is 11.1 Å². The van der Waals surface area contributed by atoms with E-state index in [2.05, 4.69) is 15.3 Å². The van der Waals surface area contributed by atoms with Crippen LogP contribution in [0.1, 0.15) is 37.7 Å². The van der Waals surface area contributed by atoms with Crippen molar-refractivity contribution in [2.45, 2.75) is 38.6 Å². The first kappa shape index (κ1) is 21.9. The molecule has 0 aromatic heterocycles. The van der Waals surface area contributed by atoms with Crippen molar-refractivity contribution in [1.82, 2.24) is 15.2 Å². The Morgan fingerprint density at radius 3 is 2.73 bits per heavy atom. The molecule has 9 heteroatoms. The quantitative estimate of drug-likeness (QED) is 0.616. The molecule has 2 aliphatic heterocycles. The number of rotatable bonds is 8. The van der Waals surface area contributed by atoms with Crippen LogP contribution in [0.4, 0.5) is 4.39 Å². The van der Waals surface area contributed by atoms with Crippen LogP contribution in [-0.2, 0) is 20.9 Å². The van der Waals surface area contributed by atoms with E-state index >= 15 is 0 Å². The van der Waals surface area contributed by atoms with Gasteiger partial charge in [-0.3, -0.25) is 14.4 Å². The Hall–Kier alpha value is -2.81. The summed E-state index contributed by atoms with van der Waals surface area (Å²) in [5, 5.41) is 8.34. The molecule has 0 aliphatic carbocycles. The van der Waals surface area contributed by atoms with E-state index in [0.29, 0.717) is 25.2 Å². The van der Waals surface area contributed by atoms with Crippen LogP contribution in [0.3, 0.4) is 0 Å². The van der Waals surface area contributed by atoms with E-state index in [0.717, 1.165) is 37.9 Å². The Morgan fingerprint density at radius 1 is 1.23 bits per heavy atom. The largest absolute Gasteiger partial charge is 0.369 e. The molecule has 1 unspecified atom stereocenters. The maximum absolute atomic E-state index is 13.0. The molecule has 0 saturated carbocycles. The van der Waals surface area contributed by atoms with Crippen LogP contribution in [0.2, 0.25) is 0 Å². The number of carbonyl (C=O) groups excluding carboxylic acids is 3. The molecule has 3 rings (SSSR count). The van der Waals surface area contributed by atoms with E-state index in [4.69, 9.17) is 5.73 Å². The Balaban J connectivity index is 1.45. The lowest BCUT2D eigenvalue weighted by molar-refractivity contribution is -0.132. The SMILES string of the molecule is NC(=O)C1CCCN(CCCNC(=O)C2=NN(Cc3ccc(F)cc3)C(=O)CC2)C1. The second-order valence-corrected chi connectivity index (χ2v) is 7.78. The molecule has 3 amide bonds. The second-order valence-electron chi connectivity index (χ2n) is 7.78. The number of hydrazone groups is 1. The highest BCUT2D eigenvalue weighted by molar-refractivity contribution is 6.39. The molecule has 1 fully saturated rings. The van der Waals surface area contributed by atoms with Gasteiger partial charge in [0.15, 0.2) is 0 Å². The Labute approximate surface area is 175 Å². The summed E-state index contributed by atoms with van der Waals surface area (Å²) in [6.45, 7) is 3.08. The molecular formula is C21H28FN5O3. The molecule has 162 valence electrons. The smallest absolute Gasteiger partial charge is 0.267 e. The van der Waals surface area contributed by atoms with Crippen LogP contribution in [0.5, 0.6) is 0 Å². The Kier molecular flexibility index (Phi) is 7.51. The van der Waals surface area contributed by atoms with Gasteiger partial charge in [0, 0.05) is 25.9 Å². The number of benzene rings is 1. The maximum atomic E-state index is 13.0. The van der Waals surface area contributed by atoms with Gasteiger partial charge in [-0.2, -0.15) is 5.10 Å². The average Bonchev–Trinajstić information content (AvgIpc) is 2.74. The first-order valence-corrected chi connectivity index (χ1v) is 10.3. The first-order chi connectivity index (χ1) is 14.4. The van der Waals surface area contributed by atoms with Crippen molar-refractivity contribution in [1.29, 1.82) is 0 Å². The number of hydrogen-bond donors (Lipinski definition) is 2. The highest BCUT2D eigenvalue weighted by atomic mass is 19.1. The molecule has 8 nitrogen and oxygen atoms in total. The van der Waals surface area contributed by atoms with Crippen LogP contribution in [0.15, 0.2) is 29.4 Å². The summed E-state index contributed by atoms with van der Waals surface area (Å²) in [5.74, 6) is -1.12. The molecule has 2 aliphatic rings. The van der Waals surface area contributed by atoms with E-state index in [1.54, 1.807) is 12.1 Å². The molecular weight excluding hydrogens is 389 g/mol. The van der Waals surface area contributed by atoms with E-state index in [1.807, 2.05) is 0 Å². The highest BCUT2D eigenvalue weighted by Gasteiger charge is 2.25. The minimum absolute atomic E-state index is 0.0884. The number of likely N-dealkylation sites (tertiary alicyclic amines) is 1. The molecule has 2 heterocycles. The summed E-state index contributed by atoms with van der Waals surface area (Å²) in [6.07, 6.45) is 3.07. The van der Waals surface area contributed by atoms with E-state index < -0.39 is 0 Å². The van der Waals surface area contributed by atoms with Crippen molar-refractivity contribution in [3.63, 3.8) is 0 Å². The standard InChI is InChI=1S/C21H28FN5O3/c22-17-6-4-15(5-7-17)13-27-19(28)9-8-18(25-27)21(30)24-10-2-12-26-11-1-3-16(14-26)20(23)29/h4-7,16H,1-3,8-14H2,(H2,23,29)(H,24,30). The zero-order valence-electron chi connectivity index (χ0n) is 17.0. The predicted molar refractivity (Wildman–Crippen MR) is 110 cm³/mol. The van der Waals surface area contributed by atoms with E-state index in [-0.39, 0.29) is 42.4 Å². The molecule has 1 aromatic rings. The van der Waals surface area contributed by atoms with Gasteiger partial charge in [0.25, 0.3) is 5.91 Å². The van der Waals surface area contributed by atoms with Crippen molar-refractivity contribution in [2.75, 3.05) is 26.2 Å². The van der Waals surface area contributed by atoms with Crippen LogP contribution in [0, 0.1) is 11.7 Å². The van der Waals surface area contributed by atoms with Gasteiger partial charge in [-0.1, -0.05) is 12.1 Å². The van der Waals surface area contributed by atoms with Crippen molar-refractivity contribution < 1.29 is 18.8 Å². The summed E-state index contributed by atoms with van der Waals surface area (Å²) in [5.41, 5.74) is 6.47. The Bertz CT molecular complexity index is 811. The van der Waals surface area contributed by atoms with Crippen LogP contribution >= 0.6 is 0 Å². The van der Waals surface area contributed by atoms with E-state index in [9.17, 15) is 18.8 Å². The third kappa shape index (κ3) is 6.09. The van der Waals surface area contributed by atoms with Gasteiger partial charge in [0.2, 0.25) is 11.8 Å². The van der Waals surface area contributed by atoms with Gasteiger partial charge < -0.3 is 16.0 Å². The molecule has 0 radical (unpaired) electrons. The molecule has 0 spiro atoms. The molecule has 1 atom stereocenters. The van der Waals surface area contributed by atoms with Crippen molar-refractivity contribution >= 4 is 23.4 Å². The van der Waals surface area contributed by atoms with Gasteiger partial charge in [-0.05, 0) is 50.0 Å². The summed E-state index contributed by atoms with van der Waals surface area (Å²) in [6, 6.07) is 5.84. The van der Waals surface area contributed by atoms with Crippen molar-refractivity contribution in [3.8, 4) is 0 Å². The van der Waals surface area contributed by atoms with Gasteiger partial charge in [0.05, 0.1) is 12.5 Å². The summed E-state index contributed by atoms with van der Waals surface area (Å²) < 4.78 is 13.0. The topological polar surface area (TPSA) is 108 Å². The van der Waals surface area contributed by atoms with E-state index in [1.165, 1.54) is 17.1 Å². The van der Waals surface area contributed by atoms with Gasteiger partial charge in [-0.25, -0.2) is 9.40 Å². The van der Waals surface area contributed by atoms with Gasteiger partial charge in [-0.15, -0.1) is 0 Å². The zero-order chi connectivity index (χ0) is 21.5. The monoisotopic (exact) mass is 417 g/mol. The number of nitrogens with zero attached hydrogens (tertiary/aromatic N) is 3. The fraction of sp³-hybridized carbons (Fsp3) is 0.524. The van der Waals surface area contributed by atoms with Gasteiger partial charge in [0.1, 0.15) is 11.5 Å². The molecule has 30 heavy (non-hydrogen) atoms. The fourth-order valence-corrected chi connectivity index (χ4v) is 3.75. The number of carbonyl (C=O) groups is 3. The molecule has 1 saturated heterocycles. The summed E-state index contributed by atoms with van der Waals surface area (Å²) >= 11 is 0. The lowest BCUT2D eigenvalue weighted by Crippen LogP contribution is -2.42. The first-order valence-electron chi connectivity index (χ1n) is 10.3. The number of nitrogens with one attached hydrogen (secondary N) is 1. The van der Waals surface area contributed by atoms with Crippen molar-refractivity contribution in [3.05, 3.63) is 35.6 Å². The zero-order valence-corrected chi connectivity index (χ0v) is 17.0. The van der Waals surface area contributed by atoms with Crippen molar-refractivity contribution in [2.24, 2.45) is 16.8 Å². The van der Waals surface area contributed by atoms with Crippen LogP contribution in [0.25, 0.3) is 0 Å². The normalized spacial score (nSPS) is 20.0. The molecule has 3 N–H and O–H groups in total. The van der Waals surface area contributed by atoms with Crippen LogP contribution in [-0.4, -0.2) is 59.5 Å². The lowest BCUT2D eigenvalue weighted by atomic mass is 9.97. The molecule has 1 aromatic carbocycles. The number of amides is 3. The minimum Gasteiger partial charge on any atom is -0.369 e. The highest BCUT2D eigenvalue weighted by Crippen LogP contribution is 2.16.